The molecule has 7 heteroatoms. The summed E-state index contributed by atoms with van der Waals surface area (Å²) in [5, 5.41) is 11.2. The van der Waals surface area contributed by atoms with Gasteiger partial charge in [0.2, 0.25) is 15.9 Å². The molecule has 2 rings (SSSR count). The van der Waals surface area contributed by atoms with E-state index in [-0.39, 0.29) is 16.2 Å². The summed E-state index contributed by atoms with van der Waals surface area (Å²) >= 11 is 0. The summed E-state index contributed by atoms with van der Waals surface area (Å²) < 4.78 is 22.6. The fraction of sp³-hybridized carbons (Fsp3) is 0.500. The van der Waals surface area contributed by atoms with E-state index in [1.54, 1.807) is 12.1 Å². The SMILES string of the molecule is CCC1(C(=O)NCc2cccc(S(N)(=O)=O)c2)CCNC1. The van der Waals surface area contributed by atoms with Gasteiger partial charge in [-0.15, -0.1) is 0 Å². The number of nitrogens with one attached hydrogen (secondary N) is 2. The van der Waals surface area contributed by atoms with E-state index in [4.69, 9.17) is 5.14 Å². The van der Waals surface area contributed by atoms with Crippen LogP contribution < -0.4 is 15.8 Å². The summed E-state index contributed by atoms with van der Waals surface area (Å²) in [6, 6.07) is 6.31. The minimum atomic E-state index is -3.72. The van der Waals surface area contributed by atoms with Gasteiger partial charge in [0.05, 0.1) is 10.3 Å². The van der Waals surface area contributed by atoms with Crippen LogP contribution in [0.3, 0.4) is 0 Å². The molecule has 6 nitrogen and oxygen atoms in total. The Morgan fingerprint density at radius 3 is 2.81 bits per heavy atom. The van der Waals surface area contributed by atoms with Crippen LogP contribution in [-0.4, -0.2) is 27.4 Å². The van der Waals surface area contributed by atoms with E-state index >= 15 is 0 Å². The second kappa shape index (κ2) is 6.13. The van der Waals surface area contributed by atoms with E-state index in [0.717, 1.165) is 19.4 Å². The Bertz CT molecular complexity index is 622. The molecule has 0 spiro atoms. The minimum absolute atomic E-state index is 0.0102. The summed E-state index contributed by atoms with van der Waals surface area (Å²) in [4.78, 5) is 12.4. The van der Waals surface area contributed by atoms with E-state index in [9.17, 15) is 13.2 Å². The van der Waals surface area contributed by atoms with Gasteiger partial charge >= 0.3 is 0 Å². The lowest BCUT2D eigenvalue weighted by atomic mass is 9.83. The van der Waals surface area contributed by atoms with Crippen LogP contribution in [0.4, 0.5) is 0 Å². The van der Waals surface area contributed by atoms with E-state index in [0.29, 0.717) is 18.7 Å². The Kier molecular flexibility index (Phi) is 4.65. The minimum Gasteiger partial charge on any atom is -0.352 e. The highest BCUT2D eigenvalue weighted by Crippen LogP contribution is 2.29. The van der Waals surface area contributed by atoms with Crippen LogP contribution >= 0.6 is 0 Å². The molecule has 1 aliphatic heterocycles. The topological polar surface area (TPSA) is 101 Å². The summed E-state index contributed by atoms with van der Waals surface area (Å²) in [5.74, 6) is 0.0102. The zero-order valence-corrected chi connectivity index (χ0v) is 12.9. The largest absolute Gasteiger partial charge is 0.352 e. The lowest BCUT2D eigenvalue weighted by molar-refractivity contribution is -0.130. The molecule has 0 aliphatic carbocycles. The quantitative estimate of drug-likeness (QED) is 0.730. The number of carbonyl (C=O) groups is 1. The predicted octanol–water partition coefficient (Wildman–Crippen LogP) is 0.340. The van der Waals surface area contributed by atoms with Gasteiger partial charge < -0.3 is 10.6 Å². The summed E-state index contributed by atoms with van der Waals surface area (Å²) in [6.07, 6.45) is 1.61. The number of benzene rings is 1. The van der Waals surface area contributed by atoms with Crippen molar-refractivity contribution in [3.05, 3.63) is 29.8 Å². The van der Waals surface area contributed by atoms with E-state index in [1.807, 2.05) is 6.92 Å². The van der Waals surface area contributed by atoms with Gasteiger partial charge in [-0.3, -0.25) is 4.79 Å². The van der Waals surface area contributed by atoms with Gasteiger partial charge in [0.1, 0.15) is 0 Å². The molecule has 1 saturated heterocycles. The van der Waals surface area contributed by atoms with Crippen LogP contribution in [0.1, 0.15) is 25.3 Å². The average Bonchev–Trinajstić information content (AvgIpc) is 2.94. The molecular weight excluding hydrogens is 290 g/mol. The van der Waals surface area contributed by atoms with Crippen LogP contribution in [0.15, 0.2) is 29.2 Å². The first-order chi connectivity index (χ1) is 9.87. The van der Waals surface area contributed by atoms with Crippen molar-refractivity contribution in [2.75, 3.05) is 13.1 Å². The molecule has 0 aromatic heterocycles. The highest BCUT2D eigenvalue weighted by atomic mass is 32.2. The molecule has 1 aromatic rings. The molecule has 4 N–H and O–H groups in total. The molecule has 116 valence electrons. The van der Waals surface area contributed by atoms with E-state index < -0.39 is 10.0 Å². The van der Waals surface area contributed by atoms with Crippen LogP contribution in [0.5, 0.6) is 0 Å². The smallest absolute Gasteiger partial charge is 0.238 e. The monoisotopic (exact) mass is 311 g/mol. The Morgan fingerprint density at radius 2 is 2.24 bits per heavy atom. The molecule has 1 amide bonds. The summed E-state index contributed by atoms with van der Waals surface area (Å²) in [6.45, 7) is 3.84. The van der Waals surface area contributed by atoms with Crippen LogP contribution in [-0.2, 0) is 21.4 Å². The first-order valence-electron chi connectivity index (χ1n) is 6.98. The first kappa shape index (κ1) is 15.9. The Morgan fingerprint density at radius 1 is 1.48 bits per heavy atom. The van der Waals surface area contributed by atoms with Gasteiger partial charge in [0.15, 0.2) is 0 Å². The van der Waals surface area contributed by atoms with Crippen molar-refractivity contribution in [3.63, 3.8) is 0 Å². The fourth-order valence-electron chi connectivity index (χ4n) is 2.60. The van der Waals surface area contributed by atoms with E-state index in [1.165, 1.54) is 12.1 Å². The number of primary sulfonamides is 1. The van der Waals surface area contributed by atoms with Crippen LogP contribution in [0.2, 0.25) is 0 Å². The number of rotatable bonds is 5. The molecule has 0 radical (unpaired) electrons. The molecule has 0 bridgehead atoms. The van der Waals surface area contributed by atoms with Crippen LogP contribution in [0, 0.1) is 5.41 Å². The third kappa shape index (κ3) is 3.61. The Hall–Kier alpha value is -1.44. The summed E-state index contributed by atoms with van der Waals surface area (Å²) in [7, 11) is -3.72. The van der Waals surface area contributed by atoms with Gasteiger partial charge in [-0.2, -0.15) is 0 Å². The zero-order chi connectivity index (χ0) is 15.5. The maximum atomic E-state index is 12.4. The molecule has 21 heavy (non-hydrogen) atoms. The Labute approximate surface area is 125 Å². The van der Waals surface area contributed by atoms with Crippen molar-refractivity contribution in [1.29, 1.82) is 0 Å². The number of carbonyl (C=O) groups excluding carboxylic acids is 1. The number of hydrogen-bond acceptors (Lipinski definition) is 4. The molecule has 1 fully saturated rings. The van der Waals surface area contributed by atoms with Crippen molar-refractivity contribution in [2.45, 2.75) is 31.2 Å². The van der Waals surface area contributed by atoms with Crippen molar-refractivity contribution < 1.29 is 13.2 Å². The molecule has 1 atom stereocenters. The van der Waals surface area contributed by atoms with Crippen molar-refractivity contribution in [2.24, 2.45) is 10.6 Å². The second-order valence-electron chi connectivity index (χ2n) is 5.44. The highest BCUT2D eigenvalue weighted by Gasteiger charge is 2.39. The molecule has 1 heterocycles. The maximum absolute atomic E-state index is 12.4. The van der Waals surface area contributed by atoms with Crippen molar-refractivity contribution >= 4 is 15.9 Å². The molecular formula is C14H21N3O3S. The van der Waals surface area contributed by atoms with Crippen molar-refractivity contribution in [1.82, 2.24) is 10.6 Å². The van der Waals surface area contributed by atoms with Gasteiger partial charge in [-0.05, 0) is 37.1 Å². The number of amides is 1. The van der Waals surface area contributed by atoms with Crippen LogP contribution in [0.25, 0.3) is 0 Å². The number of nitrogens with two attached hydrogens (primary N) is 1. The second-order valence-corrected chi connectivity index (χ2v) is 7.00. The maximum Gasteiger partial charge on any atom is 0.238 e. The van der Waals surface area contributed by atoms with E-state index in [2.05, 4.69) is 10.6 Å². The van der Waals surface area contributed by atoms with Gasteiger partial charge in [-0.1, -0.05) is 19.1 Å². The predicted molar refractivity (Wildman–Crippen MR) is 79.9 cm³/mol. The number of hydrogen-bond donors (Lipinski definition) is 3. The standard InChI is InChI=1S/C14H21N3O3S/c1-2-14(6-7-16-10-14)13(18)17-9-11-4-3-5-12(8-11)21(15,19)20/h3-5,8,16H,2,6-7,9-10H2,1H3,(H,17,18)(H2,15,19,20). The molecule has 1 aromatic carbocycles. The molecule has 1 aliphatic rings. The fourth-order valence-corrected chi connectivity index (χ4v) is 3.19. The third-order valence-corrected chi connectivity index (χ3v) is 4.99. The molecule has 1 unspecified atom stereocenters. The average molecular weight is 311 g/mol. The summed E-state index contributed by atoms with van der Waals surface area (Å²) in [5.41, 5.74) is 0.365. The van der Waals surface area contributed by atoms with Gasteiger partial charge in [0, 0.05) is 13.1 Å². The van der Waals surface area contributed by atoms with Gasteiger partial charge in [-0.25, -0.2) is 13.6 Å². The lowest BCUT2D eigenvalue weighted by Crippen LogP contribution is -2.41. The molecule has 0 saturated carbocycles. The van der Waals surface area contributed by atoms with Crippen molar-refractivity contribution in [3.8, 4) is 0 Å². The normalized spacial score (nSPS) is 22.2. The third-order valence-electron chi connectivity index (χ3n) is 4.08. The highest BCUT2D eigenvalue weighted by molar-refractivity contribution is 7.89. The zero-order valence-electron chi connectivity index (χ0n) is 12.1. The number of sulfonamides is 1. The van der Waals surface area contributed by atoms with Gasteiger partial charge in [0.25, 0.3) is 0 Å². The Balaban J connectivity index is 2.05. The first-order valence-corrected chi connectivity index (χ1v) is 8.53. The lowest BCUT2D eigenvalue weighted by Gasteiger charge is -2.25.